The topological polar surface area (TPSA) is 77.7 Å². The Balaban J connectivity index is 1.45. The molecule has 1 unspecified atom stereocenters. The van der Waals surface area contributed by atoms with Gasteiger partial charge in [0, 0.05) is 35.9 Å². The van der Waals surface area contributed by atoms with Crippen molar-refractivity contribution in [3.05, 3.63) is 46.4 Å². The highest BCUT2D eigenvalue weighted by atomic mass is 32.1. The maximum Gasteiger partial charge on any atom is 0.258 e. The summed E-state index contributed by atoms with van der Waals surface area (Å²) >= 11 is 1.71. The summed E-state index contributed by atoms with van der Waals surface area (Å²) in [5.74, 6) is 2.29. The summed E-state index contributed by atoms with van der Waals surface area (Å²) in [4.78, 5) is 20.1. The fraction of sp³-hybridized carbons (Fsp3) is 0.350. The summed E-state index contributed by atoms with van der Waals surface area (Å²) in [5, 5.41) is 6.17. The van der Waals surface area contributed by atoms with Crippen LogP contribution in [-0.4, -0.2) is 48.3 Å². The average molecular weight is 399 g/mol. The van der Waals surface area contributed by atoms with Crippen molar-refractivity contribution in [2.75, 3.05) is 27.3 Å². The Bertz CT molecular complexity index is 954. The molecule has 4 rings (SSSR count). The number of hydrogen-bond acceptors (Lipinski definition) is 7. The van der Waals surface area contributed by atoms with Crippen LogP contribution >= 0.6 is 11.3 Å². The van der Waals surface area contributed by atoms with Crippen molar-refractivity contribution in [3.8, 4) is 23.0 Å². The van der Waals surface area contributed by atoms with E-state index in [1.165, 1.54) is 4.88 Å². The molecule has 7 nitrogen and oxygen atoms in total. The fourth-order valence-electron chi connectivity index (χ4n) is 3.35. The number of aromatic nitrogens is 2. The minimum Gasteiger partial charge on any atom is -0.493 e. The summed E-state index contributed by atoms with van der Waals surface area (Å²) in [5.41, 5.74) is 0.746. The molecule has 1 fully saturated rings. The summed E-state index contributed by atoms with van der Waals surface area (Å²) < 4.78 is 16.0. The molecule has 1 aliphatic heterocycles. The van der Waals surface area contributed by atoms with Crippen LogP contribution in [0.5, 0.6) is 11.5 Å². The van der Waals surface area contributed by atoms with Gasteiger partial charge < -0.3 is 18.9 Å². The maximum absolute atomic E-state index is 12.4. The summed E-state index contributed by atoms with van der Waals surface area (Å²) in [6.07, 6.45) is 1.29. The summed E-state index contributed by atoms with van der Waals surface area (Å²) in [6.45, 7) is 1.34. The number of methoxy groups -OCH3 is 2. The van der Waals surface area contributed by atoms with Crippen LogP contribution < -0.4 is 9.47 Å². The van der Waals surface area contributed by atoms with Gasteiger partial charge in [0.15, 0.2) is 17.3 Å². The molecule has 3 heterocycles. The third kappa shape index (κ3) is 3.73. The van der Waals surface area contributed by atoms with Crippen LogP contribution in [0.25, 0.3) is 11.5 Å². The Morgan fingerprint density at radius 1 is 1.25 bits per heavy atom. The third-order valence-corrected chi connectivity index (χ3v) is 5.80. The molecular formula is C20H21N3O4S. The third-order valence-electron chi connectivity index (χ3n) is 4.86. The van der Waals surface area contributed by atoms with Gasteiger partial charge in [0.1, 0.15) is 0 Å². The van der Waals surface area contributed by atoms with Crippen molar-refractivity contribution in [2.45, 2.75) is 18.8 Å². The Hall–Kier alpha value is -2.87. The number of benzene rings is 1. The van der Waals surface area contributed by atoms with Crippen molar-refractivity contribution in [3.63, 3.8) is 0 Å². The van der Waals surface area contributed by atoms with Crippen molar-refractivity contribution in [2.24, 2.45) is 0 Å². The van der Waals surface area contributed by atoms with Crippen molar-refractivity contribution in [1.29, 1.82) is 0 Å². The standard InChI is InChI=1S/C20H21N3O4S/c1-25-16-6-5-13(10-17(16)26-2)20-21-19(22-27-20)14-11-18(24)23(12-14)8-7-15-4-3-9-28-15/h3-6,9-10,14H,7-8,11-12H2,1-2H3. The SMILES string of the molecule is COc1ccc(-c2nc(C3CC(=O)N(CCc4cccs4)C3)no2)cc1OC. The van der Waals surface area contributed by atoms with Crippen molar-refractivity contribution in [1.82, 2.24) is 15.0 Å². The fourth-order valence-corrected chi connectivity index (χ4v) is 4.05. The maximum atomic E-state index is 12.4. The first kappa shape index (κ1) is 18.5. The van der Waals surface area contributed by atoms with E-state index in [0.717, 1.165) is 18.5 Å². The van der Waals surface area contributed by atoms with Crippen LogP contribution in [0.3, 0.4) is 0 Å². The van der Waals surface area contributed by atoms with Gasteiger partial charge in [0.2, 0.25) is 5.91 Å². The van der Waals surface area contributed by atoms with Gasteiger partial charge in [-0.05, 0) is 36.1 Å². The molecule has 1 aliphatic rings. The smallest absolute Gasteiger partial charge is 0.258 e. The molecular weight excluding hydrogens is 378 g/mol. The van der Waals surface area contributed by atoms with Crippen LogP contribution in [0.4, 0.5) is 0 Å². The first-order valence-electron chi connectivity index (χ1n) is 9.04. The monoisotopic (exact) mass is 399 g/mol. The average Bonchev–Trinajstić information content (AvgIpc) is 3.46. The van der Waals surface area contributed by atoms with E-state index >= 15 is 0 Å². The molecule has 1 amide bonds. The highest BCUT2D eigenvalue weighted by Crippen LogP contribution is 2.33. The number of carbonyl (C=O) groups is 1. The van der Waals surface area contributed by atoms with E-state index in [-0.39, 0.29) is 11.8 Å². The predicted octanol–water partition coefficient (Wildman–Crippen LogP) is 3.37. The Labute approximate surface area is 166 Å². The lowest BCUT2D eigenvalue weighted by Gasteiger charge is -2.15. The van der Waals surface area contributed by atoms with Crippen molar-refractivity contribution < 1.29 is 18.8 Å². The van der Waals surface area contributed by atoms with Gasteiger partial charge in [-0.2, -0.15) is 4.98 Å². The molecule has 2 aromatic heterocycles. The minimum atomic E-state index is -0.0477. The van der Waals surface area contributed by atoms with Crippen LogP contribution in [0.1, 0.15) is 23.0 Å². The van der Waals surface area contributed by atoms with E-state index in [0.29, 0.717) is 36.2 Å². The van der Waals surface area contributed by atoms with Gasteiger partial charge in [-0.3, -0.25) is 4.79 Å². The first-order valence-corrected chi connectivity index (χ1v) is 9.92. The second kappa shape index (κ2) is 8.02. The second-order valence-electron chi connectivity index (χ2n) is 6.60. The number of carbonyl (C=O) groups excluding carboxylic acids is 1. The number of rotatable bonds is 7. The summed E-state index contributed by atoms with van der Waals surface area (Å²) in [7, 11) is 3.17. The molecule has 28 heavy (non-hydrogen) atoms. The molecule has 3 aromatic rings. The number of amides is 1. The van der Waals surface area contributed by atoms with E-state index in [4.69, 9.17) is 14.0 Å². The molecule has 0 N–H and O–H groups in total. The zero-order valence-corrected chi connectivity index (χ0v) is 16.6. The molecule has 146 valence electrons. The van der Waals surface area contributed by atoms with Gasteiger partial charge in [0.05, 0.1) is 14.2 Å². The van der Waals surface area contributed by atoms with Crippen LogP contribution in [-0.2, 0) is 11.2 Å². The van der Waals surface area contributed by atoms with Gasteiger partial charge >= 0.3 is 0 Å². The molecule has 1 atom stereocenters. The Morgan fingerprint density at radius 2 is 2.11 bits per heavy atom. The van der Waals surface area contributed by atoms with E-state index < -0.39 is 0 Å². The Morgan fingerprint density at radius 3 is 2.86 bits per heavy atom. The van der Waals surface area contributed by atoms with Gasteiger partial charge in [-0.1, -0.05) is 11.2 Å². The molecule has 0 aliphatic carbocycles. The number of likely N-dealkylation sites (tertiary alicyclic amines) is 1. The minimum absolute atomic E-state index is 0.0477. The lowest BCUT2D eigenvalue weighted by atomic mass is 10.1. The normalized spacial score (nSPS) is 16.6. The van der Waals surface area contributed by atoms with Gasteiger partial charge in [-0.15, -0.1) is 11.3 Å². The second-order valence-corrected chi connectivity index (χ2v) is 7.63. The number of nitrogens with zero attached hydrogens (tertiary/aromatic N) is 3. The molecule has 0 saturated carbocycles. The lowest BCUT2D eigenvalue weighted by Crippen LogP contribution is -2.27. The predicted molar refractivity (Wildman–Crippen MR) is 105 cm³/mol. The quantitative estimate of drug-likeness (QED) is 0.606. The lowest BCUT2D eigenvalue weighted by molar-refractivity contribution is -0.127. The first-order chi connectivity index (χ1) is 13.7. The van der Waals surface area contributed by atoms with Gasteiger partial charge in [0.25, 0.3) is 5.89 Å². The molecule has 0 spiro atoms. The van der Waals surface area contributed by atoms with E-state index in [1.54, 1.807) is 37.7 Å². The molecule has 8 heteroatoms. The molecule has 0 radical (unpaired) electrons. The number of ether oxygens (including phenoxy) is 2. The Kier molecular flexibility index (Phi) is 5.29. The van der Waals surface area contributed by atoms with E-state index in [2.05, 4.69) is 21.6 Å². The summed E-state index contributed by atoms with van der Waals surface area (Å²) in [6, 6.07) is 9.55. The van der Waals surface area contributed by atoms with E-state index in [9.17, 15) is 4.79 Å². The number of thiophene rings is 1. The van der Waals surface area contributed by atoms with Crippen LogP contribution in [0.2, 0.25) is 0 Å². The zero-order chi connectivity index (χ0) is 19.5. The largest absolute Gasteiger partial charge is 0.493 e. The number of hydrogen-bond donors (Lipinski definition) is 0. The highest BCUT2D eigenvalue weighted by Gasteiger charge is 2.33. The highest BCUT2D eigenvalue weighted by molar-refractivity contribution is 7.09. The molecule has 1 aromatic carbocycles. The molecule has 0 bridgehead atoms. The van der Waals surface area contributed by atoms with Gasteiger partial charge in [-0.25, -0.2) is 0 Å². The zero-order valence-electron chi connectivity index (χ0n) is 15.8. The molecule has 1 saturated heterocycles. The van der Waals surface area contributed by atoms with Crippen LogP contribution in [0.15, 0.2) is 40.2 Å². The van der Waals surface area contributed by atoms with E-state index in [1.807, 2.05) is 17.0 Å². The van der Waals surface area contributed by atoms with Crippen LogP contribution in [0, 0.1) is 0 Å². The van der Waals surface area contributed by atoms with Crippen molar-refractivity contribution >= 4 is 17.2 Å².